The second-order valence-electron chi connectivity index (χ2n) is 4.71. The predicted octanol–water partition coefficient (Wildman–Crippen LogP) is 3.38. The molecule has 0 radical (unpaired) electrons. The molecule has 0 aliphatic heterocycles. The van der Waals surface area contributed by atoms with E-state index in [-0.39, 0.29) is 0 Å². The molecule has 0 unspecified atom stereocenters. The van der Waals surface area contributed by atoms with Crippen molar-refractivity contribution in [3.05, 3.63) is 40.8 Å². The minimum atomic E-state index is 0.721. The number of benzene rings is 1. The van der Waals surface area contributed by atoms with Gasteiger partial charge >= 0.3 is 0 Å². The summed E-state index contributed by atoms with van der Waals surface area (Å²) in [6, 6.07) is 5.71. The van der Waals surface area contributed by atoms with Gasteiger partial charge in [-0.05, 0) is 37.6 Å². The Morgan fingerprint density at radius 3 is 2.75 bits per heavy atom. The molecule has 3 rings (SSSR count). The zero-order chi connectivity index (χ0) is 14.3. The monoisotopic (exact) mass is 287 g/mol. The van der Waals surface area contributed by atoms with Crippen LogP contribution in [0.5, 0.6) is 0 Å². The molecule has 0 aliphatic carbocycles. The fraction of sp³-hybridized carbons (Fsp3) is 0.214. The summed E-state index contributed by atoms with van der Waals surface area (Å²) in [5.74, 6) is 0.756. The van der Waals surface area contributed by atoms with E-state index in [0.717, 1.165) is 38.8 Å². The van der Waals surface area contributed by atoms with E-state index in [0.29, 0.717) is 0 Å². The fourth-order valence-electron chi connectivity index (χ4n) is 2.27. The van der Waals surface area contributed by atoms with E-state index in [9.17, 15) is 0 Å². The van der Waals surface area contributed by atoms with Crippen molar-refractivity contribution >= 4 is 34.1 Å². The molecule has 6 heteroatoms. The van der Waals surface area contributed by atoms with Crippen molar-refractivity contribution in [1.82, 2.24) is 19.7 Å². The normalized spacial score (nSPS) is 11.0. The highest BCUT2D eigenvalue weighted by molar-refractivity contribution is 6.30. The van der Waals surface area contributed by atoms with Crippen LogP contribution in [0.3, 0.4) is 0 Å². The number of halogens is 1. The number of anilines is 2. The van der Waals surface area contributed by atoms with Crippen molar-refractivity contribution in [1.29, 1.82) is 0 Å². The number of rotatable bonds is 2. The van der Waals surface area contributed by atoms with Crippen LogP contribution in [0.25, 0.3) is 11.0 Å². The topological polar surface area (TPSA) is 55.6 Å². The number of fused-ring (bicyclic) bond motifs is 1. The Balaban J connectivity index is 2.11. The second kappa shape index (κ2) is 4.76. The Morgan fingerprint density at radius 1 is 1.20 bits per heavy atom. The van der Waals surface area contributed by atoms with Crippen molar-refractivity contribution in [3.8, 4) is 0 Å². The van der Waals surface area contributed by atoms with E-state index in [1.165, 1.54) is 6.33 Å². The van der Waals surface area contributed by atoms with Crippen LogP contribution in [0.2, 0.25) is 5.02 Å². The molecule has 1 aromatic carbocycles. The summed E-state index contributed by atoms with van der Waals surface area (Å²) >= 11 is 5.98. The lowest BCUT2D eigenvalue weighted by Crippen LogP contribution is -1.98. The van der Waals surface area contributed by atoms with E-state index < -0.39 is 0 Å². The summed E-state index contributed by atoms with van der Waals surface area (Å²) in [7, 11) is 1.87. The third kappa shape index (κ3) is 2.10. The summed E-state index contributed by atoms with van der Waals surface area (Å²) in [6.45, 7) is 3.95. The first-order valence-electron chi connectivity index (χ1n) is 6.24. The minimum absolute atomic E-state index is 0.721. The first kappa shape index (κ1) is 12.9. The van der Waals surface area contributed by atoms with Gasteiger partial charge in [-0.3, -0.25) is 4.68 Å². The lowest BCUT2D eigenvalue weighted by Gasteiger charge is -2.10. The van der Waals surface area contributed by atoms with Gasteiger partial charge < -0.3 is 5.32 Å². The van der Waals surface area contributed by atoms with Gasteiger partial charge in [0.1, 0.15) is 12.1 Å². The number of nitrogens with one attached hydrogen (secondary N) is 1. The summed E-state index contributed by atoms with van der Waals surface area (Å²) in [5, 5.41) is 9.37. The molecule has 0 spiro atoms. The molecule has 2 aromatic heterocycles. The Labute approximate surface area is 121 Å². The number of hydrogen-bond acceptors (Lipinski definition) is 4. The number of aryl methyl sites for hydroxylation is 3. The van der Waals surface area contributed by atoms with Crippen LogP contribution in [0.1, 0.15) is 11.3 Å². The van der Waals surface area contributed by atoms with Crippen LogP contribution in [0, 0.1) is 13.8 Å². The predicted molar refractivity (Wildman–Crippen MR) is 80.5 cm³/mol. The molecule has 3 aromatic rings. The molecule has 0 fully saturated rings. The molecule has 2 heterocycles. The van der Waals surface area contributed by atoms with Crippen LogP contribution >= 0.6 is 11.6 Å². The van der Waals surface area contributed by atoms with Gasteiger partial charge in [-0.1, -0.05) is 11.6 Å². The second-order valence-corrected chi connectivity index (χ2v) is 5.15. The molecular formula is C14H14ClN5. The van der Waals surface area contributed by atoms with E-state index in [1.807, 2.05) is 39.1 Å². The molecule has 0 atom stereocenters. The fourth-order valence-corrected chi connectivity index (χ4v) is 2.49. The molecule has 0 saturated carbocycles. The Kier molecular flexibility index (Phi) is 3.06. The number of aromatic nitrogens is 4. The number of nitrogens with zero attached hydrogens (tertiary/aromatic N) is 4. The van der Waals surface area contributed by atoms with Gasteiger partial charge in [0, 0.05) is 17.8 Å². The maximum absolute atomic E-state index is 5.98. The third-order valence-electron chi connectivity index (χ3n) is 3.24. The van der Waals surface area contributed by atoms with E-state index in [1.54, 1.807) is 4.68 Å². The van der Waals surface area contributed by atoms with Crippen LogP contribution in [0.4, 0.5) is 11.5 Å². The molecule has 0 bridgehead atoms. The van der Waals surface area contributed by atoms with Gasteiger partial charge in [0.25, 0.3) is 0 Å². The van der Waals surface area contributed by atoms with Gasteiger partial charge in [0.05, 0.1) is 11.1 Å². The van der Waals surface area contributed by atoms with Gasteiger partial charge in [-0.25, -0.2) is 9.97 Å². The maximum atomic E-state index is 5.98. The molecule has 5 nitrogen and oxygen atoms in total. The Morgan fingerprint density at radius 2 is 2.00 bits per heavy atom. The molecule has 0 amide bonds. The molecule has 0 aliphatic rings. The van der Waals surface area contributed by atoms with Crippen LogP contribution in [-0.4, -0.2) is 19.7 Å². The highest BCUT2D eigenvalue weighted by Gasteiger charge is 2.12. The summed E-state index contributed by atoms with van der Waals surface area (Å²) in [6.07, 6.45) is 1.54. The van der Waals surface area contributed by atoms with Crippen LogP contribution in [-0.2, 0) is 7.05 Å². The Hall–Kier alpha value is -2.14. The Bertz CT molecular complexity index is 794. The van der Waals surface area contributed by atoms with Crippen molar-refractivity contribution in [2.24, 2.45) is 7.05 Å². The third-order valence-corrected chi connectivity index (χ3v) is 3.47. The van der Waals surface area contributed by atoms with Crippen LogP contribution < -0.4 is 5.32 Å². The lowest BCUT2D eigenvalue weighted by atomic mass is 10.2. The SMILES string of the molecule is Cc1cc(Cl)ccc1Nc1ncnc2c1c(C)nn2C. The molecule has 1 N–H and O–H groups in total. The van der Waals surface area contributed by atoms with Gasteiger partial charge in [-0.2, -0.15) is 5.10 Å². The highest BCUT2D eigenvalue weighted by atomic mass is 35.5. The largest absolute Gasteiger partial charge is 0.339 e. The van der Waals surface area contributed by atoms with Gasteiger partial charge in [0.15, 0.2) is 5.65 Å². The summed E-state index contributed by atoms with van der Waals surface area (Å²) in [4.78, 5) is 8.60. The molecular weight excluding hydrogens is 274 g/mol. The van der Waals surface area contributed by atoms with Gasteiger partial charge in [-0.15, -0.1) is 0 Å². The quantitative estimate of drug-likeness (QED) is 0.785. The highest BCUT2D eigenvalue weighted by Crippen LogP contribution is 2.27. The maximum Gasteiger partial charge on any atom is 0.163 e. The average molecular weight is 288 g/mol. The zero-order valence-corrected chi connectivity index (χ0v) is 12.2. The van der Waals surface area contributed by atoms with Crippen molar-refractivity contribution in [2.75, 3.05) is 5.32 Å². The van der Waals surface area contributed by atoms with Crippen LogP contribution in [0.15, 0.2) is 24.5 Å². The van der Waals surface area contributed by atoms with Crippen molar-refractivity contribution in [2.45, 2.75) is 13.8 Å². The molecule has 0 saturated heterocycles. The van der Waals surface area contributed by atoms with Crippen molar-refractivity contribution < 1.29 is 0 Å². The van der Waals surface area contributed by atoms with E-state index in [4.69, 9.17) is 11.6 Å². The van der Waals surface area contributed by atoms with Gasteiger partial charge in [0.2, 0.25) is 0 Å². The first-order chi connectivity index (χ1) is 9.56. The lowest BCUT2D eigenvalue weighted by molar-refractivity contribution is 0.773. The van der Waals surface area contributed by atoms with Crippen molar-refractivity contribution in [3.63, 3.8) is 0 Å². The molecule has 102 valence electrons. The average Bonchev–Trinajstić information content (AvgIpc) is 2.69. The first-order valence-corrected chi connectivity index (χ1v) is 6.61. The zero-order valence-electron chi connectivity index (χ0n) is 11.5. The smallest absolute Gasteiger partial charge is 0.163 e. The molecule has 20 heavy (non-hydrogen) atoms. The number of hydrogen-bond donors (Lipinski definition) is 1. The minimum Gasteiger partial charge on any atom is -0.339 e. The van der Waals surface area contributed by atoms with E-state index in [2.05, 4.69) is 20.4 Å². The summed E-state index contributed by atoms with van der Waals surface area (Å²) < 4.78 is 1.76. The summed E-state index contributed by atoms with van der Waals surface area (Å²) in [5.41, 5.74) is 3.74. The van der Waals surface area contributed by atoms with E-state index >= 15 is 0 Å². The standard InChI is InChI=1S/C14H14ClN5/c1-8-6-10(15)4-5-11(8)18-13-12-9(2)19-20(3)14(12)17-7-16-13/h4-7H,1-3H3,(H,16,17,18).